The lowest BCUT2D eigenvalue weighted by atomic mass is 9.68. The maximum atomic E-state index is 12.4. The Bertz CT molecular complexity index is 814. The van der Waals surface area contributed by atoms with Crippen LogP contribution in [-0.2, 0) is 16.0 Å². The van der Waals surface area contributed by atoms with Gasteiger partial charge in [-0.1, -0.05) is 18.2 Å². The van der Waals surface area contributed by atoms with Crippen molar-refractivity contribution in [2.45, 2.75) is 37.7 Å². The molecule has 1 N–H and O–H groups in total. The molecule has 1 aromatic carbocycles. The minimum absolute atomic E-state index is 0.0951. The number of ether oxygens (including phenoxy) is 1. The van der Waals surface area contributed by atoms with E-state index in [4.69, 9.17) is 4.74 Å². The van der Waals surface area contributed by atoms with E-state index in [0.29, 0.717) is 12.3 Å². The first-order valence-electron chi connectivity index (χ1n) is 8.95. The topological polar surface area (TPSA) is 51.2 Å². The van der Waals surface area contributed by atoms with Gasteiger partial charge in [-0.05, 0) is 49.3 Å². The highest BCUT2D eigenvalue weighted by molar-refractivity contribution is 5.83. The summed E-state index contributed by atoms with van der Waals surface area (Å²) in [5.41, 5.74) is 2.30. The summed E-state index contributed by atoms with van der Waals surface area (Å²) in [5, 5.41) is 4.30. The summed E-state index contributed by atoms with van der Waals surface area (Å²) in [7, 11) is 0. The van der Waals surface area contributed by atoms with E-state index < -0.39 is 0 Å². The maximum Gasteiger partial charge on any atom is 0.224 e. The molecule has 2 heterocycles. The van der Waals surface area contributed by atoms with Crippen LogP contribution in [0.4, 0.5) is 0 Å². The van der Waals surface area contributed by atoms with Crippen LogP contribution in [0.25, 0.3) is 10.9 Å². The van der Waals surface area contributed by atoms with Gasteiger partial charge in [-0.3, -0.25) is 9.78 Å². The molecule has 3 aliphatic rings. The summed E-state index contributed by atoms with van der Waals surface area (Å²) in [6, 6.07) is 10.0. The Morgan fingerprint density at radius 3 is 3.04 bits per heavy atom. The third-order valence-corrected chi connectivity index (χ3v) is 6.50. The Kier molecular flexibility index (Phi) is 3.02. The van der Waals surface area contributed by atoms with Crippen LogP contribution in [0, 0.1) is 11.3 Å². The van der Waals surface area contributed by atoms with E-state index in [2.05, 4.69) is 10.3 Å². The maximum absolute atomic E-state index is 12.4. The number of hydrogen-bond acceptors (Lipinski definition) is 3. The number of rotatable bonds is 4. The summed E-state index contributed by atoms with van der Waals surface area (Å²) in [4.78, 5) is 16.8. The van der Waals surface area contributed by atoms with Gasteiger partial charge in [0, 0.05) is 23.5 Å². The second kappa shape index (κ2) is 5.03. The zero-order valence-electron chi connectivity index (χ0n) is 13.8. The number of amides is 1. The zero-order chi connectivity index (χ0) is 16.2. The SMILES string of the molecule is O=C(Cc1ccc2cccnc2c1)NC[C@]12C[C@H]1COC21CCC1. The van der Waals surface area contributed by atoms with Crippen LogP contribution in [0.2, 0.25) is 0 Å². The van der Waals surface area contributed by atoms with Crippen molar-refractivity contribution in [1.29, 1.82) is 0 Å². The second-order valence-corrected chi connectivity index (χ2v) is 7.70. The van der Waals surface area contributed by atoms with Crippen molar-refractivity contribution in [3.63, 3.8) is 0 Å². The molecule has 0 unspecified atom stereocenters. The van der Waals surface area contributed by atoms with Gasteiger partial charge in [0.1, 0.15) is 0 Å². The van der Waals surface area contributed by atoms with E-state index in [1.807, 2.05) is 30.3 Å². The van der Waals surface area contributed by atoms with Crippen LogP contribution in [0.15, 0.2) is 36.5 Å². The summed E-state index contributed by atoms with van der Waals surface area (Å²) < 4.78 is 6.08. The number of aromatic nitrogens is 1. The van der Waals surface area contributed by atoms with Gasteiger partial charge in [-0.2, -0.15) is 0 Å². The van der Waals surface area contributed by atoms with Crippen LogP contribution in [-0.4, -0.2) is 29.6 Å². The normalized spacial score (nSPS) is 29.2. The van der Waals surface area contributed by atoms with Crippen molar-refractivity contribution >= 4 is 16.8 Å². The molecule has 2 atom stereocenters. The Hall–Kier alpha value is -1.94. The summed E-state index contributed by atoms with van der Waals surface area (Å²) in [5.74, 6) is 0.773. The molecule has 4 nitrogen and oxygen atoms in total. The summed E-state index contributed by atoms with van der Waals surface area (Å²) in [6.45, 7) is 1.68. The fourth-order valence-electron chi connectivity index (χ4n) is 4.80. The Balaban J connectivity index is 1.24. The smallest absolute Gasteiger partial charge is 0.224 e. The van der Waals surface area contributed by atoms with Crippen molar-refractivity contribution < 1.29 is 9.53 Å². The van der Waals surface area contributed by atoms with Gasteiger partial charge in [-0.25, -0.2) is 0 Å². The van der Waals surface area contributed by atoms with Gasteiger partial charge in [0.2, 0.25) is 5.91 Å². The minimum atomic E-state index is 0.0951. The molecule has 2 aliphatic carbocycles. The Labute approximate surface area is 141 Å². The highest BCUT2D eigenvalue weighted by Crippen LogP contribution is 2.70. The number of nitrogens with one attached hydrogen (secondary N) is 1. The molecule has 2 saturated carbocycles. The molecule has 0 radical (unpaired) electrons. The molecule has 1 aromatic heterocycles. The van der Waals surface area contributed by atoms with Gasteiger partial charge < -0.3 is 10.1 Å². The first kappa shape index (κ1) is 14.4. The molecule has 5 rings (SSSR count). The predicted octanol–water partition coefficient (Wildman–Crippen LogP) is 2.85. The molecule has 24 heavy (non-hydrogen) atoms. The van der Waals surface area contributed by atoms with Gasteiger partial charge in [0.15, 0.2) is 0 Å². The average Bonchev–Trinajstić information content (AvgIpc) is 3.18. The molecule has 3 fully saturated rings. The standard InChI is InChI=1S/C20H22N2O2/c23-18(10-14-4-5-15-3-1-8-21-17(15)9-14)22-13-19-11-16(19)12-24-20(19)6-2-7-20/h1,3-5,8-9,16H,2,6-7,10-13H2,(H,22,23)/t16-,19+/m0/s1. The van der Waals surface area contributed by atoms with Crippen LogP contribution >= 0.6 is 0 Å². The van der Waals surface area contributed by atoms with E-state index in [1.165, 1.54) is 25.7 Å². The van der Waals surface area contributed by atoms with Crippen LogP contribution in [0.5, 0.6) is 0 Å². The molecule has 1 aliphatic heterocycles. The van der Waals surface area contributed by atoms with Crippen LogP contribution in [0.1, 0.15) is 31.2 Å². The van der Waals surface area contributed by atoms with Crippen molar-refractivity contribution in [3.05, 3.63) is 42.1 Å². The minimum Gasteiger partial charge on any atom is -0.374 e. The molecule has 2 aromatic rings. The number of carbonyl (C=O) groups excluding carboxylic acids is 1. The molecule has 1 saturated heterocycles. The van der Waals surface area contributed by atoms with E-state index in [1.54, 1.807) is 6.20 Å². The van der Waals surface area contributed by atoms with Crippen molar-refractivity contribution in [2.24, 2.45) is 11.3 Å². The molecule has 124 valence electrons. The summed E-state index contributed by atoms with van der Waals surface area (Å²) in [6.07, 6.45) is 7.06. The first-order chi connectivity index (χ1) is 11.7. The molecular formula is C20H22N2O2. The third-order valence-electron chi connectivity index (χ3n) is 6.50. The third kappa shape index (κ3) is 2.02. The number of nitrogens with zero attached hydrogens (tertiary/aromatic N) is 1. The zero-order valence-corrected chi connectivity index (χ0v) is 13.8. The first-order valence-corrected chi connectivity index (χ1v) is 8.95. The van der Waals surface area contributed by atoms with E-state index >= 15 is 0 Å². The number of hydrogen-bond donors (Lipinski definition) is 1. The van der Waals surface area contributed by atoms with Crippen molar-refractivity contribution in [2.75, 3.05) is 13.2 Å². The highest BCUT2D eigenvalue weighted by Gasteiger charge is 2.73. The van der Waals surface area contributed by atoms with Gasteiger partial charge in [0.25, 0.3) is 0 Å². The van der Waals surface area contributed by atoms with Crippen molar-refractivity contribution in [1.82, 2.24) is 10.3 Å². The lowest BCUT2D eigenvalue weighted by Gasteiger charge is -2.45. The molecule has 4 heteroatoms. The number of fused-ring (bicyclic) bond motifs is 3. The number of carbonyl (C=O) groups is 1. The Morgan fingerprint density at radius 2 is 2.25 bits per heavy atom. The summed E-state index contributed by atoms with van der Waals surface area (Å²) >= 11 is 0. The van der Waals surface area contributed by atoms with E-state index in [-0.39, 0.29) is 16.9 Å². The highest BCUT2D eigenvalue weighted by atomic mass is 16.5. The fourth-order valence-corrected chi connectivity index (χ4v) is 4.80. The van der Waals surface area contributed by atoms with Crippen LogP contribution < -0.4 is 5.32 Å². The van der Waals surface area contributed by atoms with Gasteiger partial charge in [0.05, 0.1) is 24.1 Å². The lowest BCUT2D eigenvalue weighted by molar-refractivity contribution is -0.124. The predicted molar refractivity (Wildman–Crippen MR) is 91.5 cm³/mol. The largest absolute Gasteiger partial charge is 0.374 e. The quantitative estimate of drug-likeness (QED) is 0.942. The number of benzene rings is 1. The van der Waals surface area contributed by atoms with Crippen molar-refractivity contribution in [3.8, 4) is 0 Å². The molecule has 1 spiro atoms. The van der Waals surface area contributed by atoms with E-state index in [0.717, 1.165) is 29.6 Å². The second-order valence-electron chi connectivity index (χ2n) is 7.70. The molecule has 1 amide bonds. The van der Waals surface area contributed by atoms with Crippen LogP contribution in [0.3, 0.4) is 0 Å². The monoisotopic (exact) mass is 322 g/mol. The molecular weight excluding hydrogens is 300 g/mol. The average molecular weight is 322 g/mol. The lowest BCUT2D eigenvalue weighted by Crippen LogP contribution is -2.50. The fraction of sp³-hybridized carbons (Fsp3) is 0.500. The number of pyridine rings is 1. The van der Waals surface area contributed by atoms with E-state index in [9.17, 15) is 4.79 Å². The van der Waals surface area contributed by atoms with Gasteiger partial charge in [-0.15, -0.1) is 0 Å². The molecule has 0 bridgehead atoms. The van der Waals surface area contributed by atoms with Gasteiger partial charge >= 0.3 is 0 Å². The Morgan fingerprint density at radius 1 is 1.33 bits per heavy atom.